The number of halogens is 3. The van der Waals surface area contributed by atoms with Crippen LogP contribution in [0.2, 0.25) is 0 Å². The van der Waals surface area contributed by atoms with E-state index in [1.807, 2.05) is 4.90 Å². The highest BCUT2D eigenvalue weighted by atomic mass is 19.4. The molecular formula is C20H19F3N3O2+. The number of hydrogen-bond acceptors (Lipinski definition) is 4. The fourth-order valence-electron chi connectivity index (χ4n) is 3.17. The summed E-state index contributed by atoms with van der Waals surface area (Å²) in [4.78, 5) is 16.9. The molecular weight excluding hydrogens is 371 g/mol. The Morgan fingerprint density at radius 1 is 1.21 bits per heavy atom. The third-order valence-electron chi connectivity index (χ3n) is 4.80. The zero-order valence-electron chi connectivity index (χ0n) is 15.0. The zero-order valence-corrected chi connectivity index (χ0v) is 15.0. The molecule has 1 aliphatic heterocycles. The van der Waals surface area contributed by atoms with Crippen molar-refractivity contribution in [3.8, 4) is 6.07 Å². The molecule has 28 heavy (non-hydrogen) atoms. The Bertz CT molecular complexity index is 868. The summed E-state index contributed by atoms with van der Waals surface area (Å²) in [5, 5.41) is 9.07. The number of aromatic amines is 1. The van der Waals surface area contributed by atoms with Crippen LogP contribution in [-0.2, 0) is 22.3 Å². The fourth-order valence-corrected chi connectivity index (χ4v) is 3.17. The summed E-state index contributed by atoms with van der Waals surface area (Å²) in [6.45, 7) is 1.13. The second-order valence-electron chi connectivity index (χ2n) is 6.60. The number of carbonyl (C=O) groups is 1. The number of alkyl halides is 3. The van der Waals surface area contributed by atoms with Crippen molar-refractivity contribution in [2.75, 3.05) is 18.0 Å². The first kappa shape index (κ1) is 19.7. The molecule has 5 nitrogen and oxygen atoms in total. The summed E-state index contributed by atoms with van der Waals surface area (Å²) in [7, 11) is 0. The number of ether oxygens (including phenoxy) is 1. The molecule has 0 amide bonds. The number of anilines is 1. The van der Waals surface area contributed by atoms with Crippen LogP contribution < -0.4 is 9.88 Å². The summed E-state index contributed by atoms with van der Waals surface area (Å²) in [6.07, 6.45) is -2.33. The maximum Gasteiger partial charge on any atom is 0.419 e. The standard InChI is InChI=1S/C20H18F3N3O2/c21-20(22,23)17-5-6-18(25-12-17)26-9-7-14(8-10-26)19(27)28-13-16-4-2-1-3-15(16)11-24/h1-6,12,14H,7-10,13H2/p+1. The molecule has 1 aromatic carbocycles. The van der Waals surface area contributed by atoms with Gasteiger partial charge in [0.1, 0.15) is 12.8 Å². The molecule has 0 radical (unpaired) electrons. The van der Waals surface area contributed by atoms with Gasteiger partial charge in [-0.25, -0.2) is 4.98 Å². The van der Waals surface area contributed by atoms with Gasteiger partial charge in [-0.15, -0.1) is 0 Å². The average molecular weight is 390 g/mol. The van der Waals surface area contributed by atoms with Crippen LogP contribution in [0.15, 0.2) is 42.6 Å². The van der Waals surface area contributed by atoms with Crippen LogP contribution in [0, 0.1) is 17.2 Å². The second-order valence-corrected chi connectivity index (χ2v) is 6.60. The number of nitrogens with zero attached hydrogens (tertiary/aromatic N) is 2. The lowest BCUT2D eigenvalue weighted by molar-refractivity contribution is -0.367. The minimum Gasteiger partial charge on any atom is -0.461 e. The van der Waals surface area contributed by atoms with E-state index >= 15 is 0 Å². The number of aromatic nitrogens is 1. The number of benzene rings is 1. The fraction of sp³-hybridized carbons (Fsp3) is 0.350. The molecule has 0 aliphatic carbocycles. The van der Waals surface area contributed by atoms with Crippen molar-refractivity contribution in [3.63, 3.8) is 0 Å². The van der Waals surface area contributed by atoms with Crippen molar-refractivity contribution in [1.82, 2.24) is 0 Å². The molecule has 1 fully saturated rings. The van der Waals surface area contributed by atoms with Crippen LogP contribution >= 0.6 is 0 Å². The third kappa shape index (κ3) is 4.60. The number of piperidine rings is 1. The van der Waals surface area contributed by atoms with E-state index in [2.05, 4.69) is 11.1 Å². The van der Waals surface area contributed by atoms with Gasteiger partial charge in [-0.1, -0.05) is 18.2 Å². The van der Waals surface area contributed by atoms with Gasteiger partial charge in [0.15, 0.2) is 0 Å². The van der Waals surface area contributed by atoms with Crippen LogP contribution in [0.25, 0.3) is 0 Å². The van der Waals surface area contributed by atoms with E-state index in [0.717, 1.165) is 12.3 Å². The monoisotopic (exact) mass is 390 g/mol. The van der Waals surface area contributed by atoms with Crippen molar-refractivity contribution < 1.29 is 27.7 Å². The van der Waals surface area contributed by atoms with Gasteiger partial charge in [0.2, 0.25) is 0 Å². The van der Waals surface area contributed by atoms with E-state index in [4.69, 9.17) is 10.00 Å². The highest BCUT2D eigenvalue weighted by molar-refractivity contribution is 5.73. The molecule has 1 aromatic heterocycles. The zero-order chi connectivity index (χ0) is 20.1. The van der Waals surface area contributed by atoms with Gasteiger partial charge >= 0.3 is 12.1 Å². The van der Waals surface area contributed by atoms with Crippen LogP contribution in [0.5, 0.6) is 0 Å². The molecule has 2 aromatic rings. The smallest absolute Gasteiger partial charge is 0.419 e. The predicted octanol–water partition coefficient (Wildman–Crippen LogP) is 3.35. The van der Waals surface area contributed by atoms with E-state index in [9.17, 15) is 18.0 Å². The van der Waals surface area contributed by atoms with Crippen molar-refractivity contribution in [1.29, 1.82) is 5.26 Å². The average Bonchev–Trinajstić information content (AvgIpc) is 2.72. The minimum atomic E-state index is -4.38. The van der Waals surface area contributed by atoms with E-state index < -0.39 is 11.7 Å². The summed E-state index contributed by atoms with van der Waals surface area (Å²) in [5.41, 5.74) is 0.408. The molecule has 3 rings (SSSR count). The molecule has 0 atom stereocenters. The Labute approximate surface area is 160 Å². The summed E-state index contributed by atoms with van der Waals surface area (Å²) in [6, 6.07) is 11.5. The normalized spacial score (nSPS) is 15.1. The van der Waals surface area contributed by atoms with E-state index in [-0.39, 0.29) is 18.5 Å². The highest BCUT2D eigenvalue weighted by Gasteiger charge is 2.34. The number of nitriles is 1. The molecule has 1 N–H and O–H groups in total. The maximum atomic E-state index is 12.6. The number of pyridine rings is 1. The Balaban J connectivity index is 1.52. The Morgan fingerprint density at radius 2 is 1.93 bits per heavy atom. The number of H-pyrrole nitrogens is 1. The highest BCUT2D eigenvalue weighted by Crippen LogP contribution is 2.29. The van der Waals surface area contributed by atoms with Crippen molar-refractivity contribution in [3.05, 3.63) is 59.3 Å². The number of hydrogen-bond donors (Lipinski definition) is 0. The lowest BCUT2D eigenvalue weighted by atomic mass is 9.97. The third-order valence-corrected chi connectivity index (χ3v) is 4.80. The van der Waals surface area contributed by atoms with Crippen LogP contribution in [-0.4, -0.2) is 19.1 Å². The Morgan fingerprint density at radius 3 is 2.54 bits per heavy atom. The van der Waals surface area contributed by atoms with E-state index in [1.165, 1.54) is 6.07 Å². The summed E-state index contributed by atoms with van der Waals surface area (Å²) >= 11 is 0. The number of nitrogens with one attached hydrogen (secondary N) is 1. The molecule has 146 valence electrons. The maximum absolute atomic E-state index is 12.6. The number of rotatable bonds is 4. The largest absolute Gasteiger partial charge is 0.461 e. The van der Waals surface area contributed by atoms with E-state index in [0.29, 0.717) is 42.9 Å². The second kappa shape index (κ2) is 8.30. The SMILES string of the molecule is N#Cc1ccccc1COC(=O)C1CCN(c2ccc(C(F)(F)F)c[nH+]2)CC1. The van der Waals surface area contributed by atoms with Gasteiger partial charge in [-0.2, -0.15) is 18.4 Å². The van der Waals surface area contributed by atoms with Gasteiger partial charge in [-0.3, -0.25) is 9.69 Å². The quantitative estimate of drug-likeness (QED) is 0.751. The first-order chi connectivity index (χ1) is 13.4. The predicted molar refractivity (Wildman–Crippen MR) is 93.9 cm³/mol. The van der Waals surface area contributed by atoms with Crippen LogP contribution in [0.1, 0.15) is 29.5 Å². The summed E-state index contributed by atoms with van der Waals surface area (Å²) in [5.74, 6) is 0.00602. The van der Waals surface area contributed by atoms with Gasteiger partial charge in [0.25, 0.3) is 5.82 Å². The molecule has 0 spiro atoms. The topological polar surface area (TPSA) is 67.5 Å². The van der Waals surface area contributed by atoms with Crippen LogP contribution in [0.3, 0.4) is 0 Å². The molecule has 0 saturated carbocycles. The Hall–Kier alpha value is -3.08. The van der Waals surface area contributed by atoms with Crippen molar-refractivity contribution >= 4 is 11.8 Å². The number of esters is 1. The van der Waals surface area contributed by atoms with E-state index in [1.54, 1.807) is 24.3 Å². The molecule has 0 unspecified atom stereocenters. The van der Waals surface area contributed by atoms with Crippen LogP contribution in [0.4, 0.5) is 19.0 Å². The summed E-state index contributed by atoms with van der Waals surface area (Å²) < 4.78 is 43.3. The molecule has 2 heterocycles. The molecule has 0 bridgehead atoms. The lowest BCUT2D eigenvalue weighted by Crippen LogP contribution is -2.39. The van der Waals surface area contributed by atoms with Gasteiger partial charge in [0.05, 0.1) is 36.2 Å². The first-order valence-corrected chi connectivity index (χ1v) is 8.87. The first-order valence-electron chi connectivity index (χ1n) is 8.87. The minimum absolute atomic E-state index is 0.0511. The Kier molecular flexibility index (Phi) is 5.83. The lowest BCUT2D eigenvalue weighted by Gasteiger charge is -2.26. The van der Waals surface area contributed by atoms with Gasteiger partial charge < -0.3 is 4.74 Å². The molecule has 1 saturated heterocycles. The van der Waals surface area contributed by atoms with Crippen molar-refractivity contribution in [2.45, 2.75) is 25.6 Å². The van der Waals surface area contributed by atoms with Gasteiger partial charge in [-0.05, 0) is 25.0 Å². The van der Waals surface area contributed by atoms with Gasteiger partial charge in [0, 0.05) is 11.6 Å². The molecule has 1 aliphatic rings. The number of carbonyl (C=O) groups excluding carboxylic acids is 1. The molecule has 8 heteroatoms. The van der Waals surface area contributed by atoms with Crippen molar-refractivity contribution in [2.24, 2.45) is 5.92 Å².